The Labute approximate surface area is 137 Å². The van der Waals surface area contributed by atoms with Crippen molar-refractivity contribution in [2.75, 3.05) is 0 Å². The van der Waals surface area contributed by atoms with Gasteiger partial charge in [0.2, 0.25) is 0 Å². The fraction of sp³-hybridized carbons (Fsp3) is 0.0714. The average molecular weight is 413 g/mol. The van der Waals surface area contributed by atoms with Crippen molar-refractivity contribution in [2.24, 2.45) is 0 Å². The number of aromatic nitrogens is 3. The van der Waals surface area contributed by atoms with Crippen LogP contribution in [0.25, 0.3) is 10.6 Å². The van der Waals surface area contributed by atoms with Gasteiger partial charge in [-0.3, -0.25) is 4.79 Å². The second-order valence-electron chi connectivity index (χ2n) is 4.31. The highest BCUT2D eigenvalue weighted by atomic mass is 127. The molecule has 0 saturated carbocycles. The van der Waals surface area contributed by atoms with Crippen molar-refractivity contribution in [2.45, 2.75) is 6.54 Å². The summed E-state index contributed by atoms with van der Waals surface area (Å²) in [6.07, 6.45) is 1.19. The Morgan fingerprint density at radius 2 is 2.00 bits per heavy atom. The van der Waals surface area contributed by atoms with Crippen LogP contribution in [0.15, 0.2) is 47.4 Å². The fourth-order valence-corrected chi connectivity index (χ4v) is 3.29. The molecule has 0 radical (unpaired) electrons. The molecule has 4 nitrogen and oxygen atoms in total. The molecule has 2 heterocycles. The molecule has 0 spiro atoms. The predicted molar refractivity (Wildman–Crippen MR) is 87.8 cm³/mol. The minimum atomic E-state index is -0.438. The fourth-order valence-electron chi connectivity index (χ4n) is 1.84. The standard InChI is InChI=1S/C14H9FIN3OS/c15-10-6-11(16)14(20)19(7-10)8-12-17-18-13(21-12)9-4-2-1-3-5-9/h1-7H,8H2. The second kappa shape index (κ2) is 6.02. The maximum absolute atomic E-state index is 13.4. The molecule has 7 heteroatoms. The van der Waals surface area contributed by atoms with Crippen LogP contribution in [-0.2, 0) is 6.54 Å². The van der Waals surface area contributed by atoms with Crippen molar-refractivity contribution in [1.82, 2.24) is 14.8 Å². The van der Waals surface area contributed by atoms with Crippen molar-refractivity contribution in [1.29, 1.82) is 0 Å². The van der Waals surface area contributed by atoms with Gasteiger partial charge in [-0.2, -0.15) is 0 Å². The summed E-state index contributed by atoms with van der Waals surface area (Å²) in [6.45, 7) is 0.219. The highest BCUT2D eigenvalue weighted by Gasteiger charge is 2.10. The number of rotatable bonds is 3. The van der Waals surface area contributed by atoms with Crippen LogP contribution in [0.5, 0.6) is 0 Å². The number of benzene rings is 1. The molecule has 0 aliphatic heterocycles. The molecule has 2 aromatic heterocycles. The minimum Gasteiger partial charge on any atom is -0.305 e. The number of hydrogen-bond acceptors (Lipinski definition) is 4. The van der Waals surface area contributed by atoms with E-state index in [1.165, 1.54) is 28.2 Å². The molecule has 0 fully saturated rings. The molecule has 1 aromatic carbocycles. The summed E-state index contributed by atoms with van der Waals surface area (Å²) in [5.41, 5.74) is 0.746. The summed E-state index contributed by atoms with van der Waals surface area (Å²) >= 11 is 3.22. The van der Waals surface area contributed by atoms with Gasteiger partial charge < -0.3 is 4.57 Å². The van der Waals surface area contributed by atoms with E-state index in [0.717, 1.165) is 10.6 Å². The van der Waals surface area contributed by atoms with Crippen molar-refractivity contribution in [3.63, 3.8) is 0 Å². The second-order valence-corrected chi connectivity index (χ2v) is 6.53. The smallest absolute Gasteiger partial charge is 0.264 e. The number of hydrogen-bond donors (Lipinski definition) is 0. The average Bonchev–Trinajstić information content (AvgIpc) is 2.94. The van der Waals surface area contributed by atoms with Gasteiger partial charge in [0.15, 0.2) is 0 Å². The largest absolute Gasteiger partial charge is 0.305 e. The van der Waals surface area contributed by atoms with Gasteiger partial charge in [-0.05, 0) is 28.7 Å². The molecular formula is C14H9FIN3OS. The Balaban J connectivity index is 1.90. The first-order chi connectivity index (χ1) is 10.1. The molecule has 0 aliphatic carbocycles. The molecule has 106 valence electrons. The lowest BCUT2D eigenvalue weighted by molar-refractivity contribution is 0.592. The molecule has 3 rings (SSSR count). The molecule has 0 bridgehead atoms. The monoisotopic (exact) mass is 413 g/mol. The molecular weight excluding hydrogens is 404 g/mol. The van der Waals surface area contributed by atoms with Crippen LogP contribution in [0, 0.1) is 9.39 Å². The molecule has 3 aromatic rings. The maximum atomic E-state index is 13.4. The Morgan fingerprint density at radius 3 is 2.76 bits per heavy atom. The van der Waals surface area contributed by atoms with Gasteiger partial charge in [-0.1, -0.05) is 41.7 Å². The van der Waals surface area contributed by atoms with Crippen molar-refractivity contribution < 1.29 is 4.39 Å². The zero-order valence-electron chi connectivity index (χ0n) is 10.7. The van der Waals surface area contributed by atoms with Crippen LogP contribution in [0.1, 0.15) is 5.01 Å². The van der Waals surface area contributed by atoms with Gasteiger partial charge >= 0.3 is 0 Å². The number of pyridine rings is 1. The van der Waals surface area contributed by atoms with E-state index in [2.05, 4.69) is 10.2 Å². The summed E-state index contributed by atoms with van der Waals surface area (Å²) in [6, 6.07) is 10.9. The van der Waals surface area contributed by atoms with Crippen LogP contribution >= 0.6 is 33.9 Å². The molecule has 0 unspecified atom stereocenters. The van der Waals surface area contributed by atoms with E-state index in [-0.39, 0.29) is 12.1 Å². The Morgan fingerprint density at radius 1 is 1.24 bits per heavy atom. The molecule has 0 saturated heterocycles. The zero-order valence-corrected chi connectivity index (χ0v) is 13.6. The lowest BCUT2D eigenvalue weighted by atomic mass is 10.2. The van der Waals surface area contributed by atoms with Gasteiger partial charge in [0.1, 0.15) is 15.8 Å². The summed E-state index contributed by atoms with van der Waals surface area (Å²) in [5, 5.41) is 9.63. The van der Waals surface area contributed by atoms with E-state index in [1.807, 2.05) is 52.9 Å². The van der Waals surface area contributed by atoms with Gasteiger partial charge in [0.25, 0.3) is 5.56 Å². The van der Waals surface area contributed by atoms with Crippen molar-refractivity contribution in [3.05, 3.63) is 67.3 Å². The third kappa shape index (κ3) is 3.18. The molecule has 0 N–H and O–H groups in total. The van der Waals surface area contributed by atoms with Gasteiger partial charge in [0.05, 0.1) is 10.1 Å². The number of halogens is 2. The van der Waals surface area contributed by atoms with E-state index in [4.69, 9.17) is 0 Å². The first-order valence-corrected chi connectivity index (χ1v) is 7.96. The van der Waals surface area contributed by atoms with E-state index in [9.17, 15) is 9.18 Å². The SMILES string of the molecule is O=c1c(I)cc(F)cn1Cc1nnc(-c2ccccc2)s1. The topological polar surface area (TPSA) is 47.8 Å². The van der Waals surface area contributed by atoms with Gasteiger partial charge in [-0.15, -0.1) is 10.2 Å². The Kier molecular flexibility index (Phi) is 4.11. The normalized spacial score (nSPS) is 10.8. The van der Waals surface area contributed by atoms with Crippen molar-refractivity contribution in [3.8, 4) is 10.6 Å². The molecule has 21 heavy (non-hydrogen) atoms. The quantitative estimate of drug-likeness (QED) is 0.620. The summed E-state index contributed by atoms with van der Waals surface area (Å²) in [4.78, 5) is 11.9. The van der Waals surface area contributed by atoms with E-state index < -0.39 is 5.82 Å². The van der Waals surface area contributed by atoms with E-state index in [0.29, 0.717) is 8.58 Å². The first-order valence-electron chi connectivity index (χ1n) is 6.07. The van der Waals surface area contributed by atoms with Crippen LogP contribution in [-0.4, -0.2) is 14.8 Å². The lowest BCUT2D eigenvalue weighted by Crippen LogP contribution is -2.23. The van der Waals surface area contributed by atoms with E-state index >= 15 is 0 Å². The summed E-state index contributed by atoms with van der Waals surface area (Å²) in [7, 11) is 0. The Bertz CT molecular complexity index is 832. The van der Waals surface area contributed by atoms with Gasteiger partial charge in [0, 0.05) is 11.8 Å². The highest BCUT2D eigenvalue weighted by Crippen LogP contribution is 2.23. The minimum absolute atomic E-state index is 0.219. The zero-order chi connectivity index (χ0) is 14.8. The number of nitrogens with zero attached hydrogens (tertiary/aromatic N) is 3. The van der Waals surface area contributed by atoms with Gasteiger partial charge in [-0.25, -0.2) is 4.39 Å². The third-order valence-corrected chi connectivity index (χ3v) is 4.53. The van der Waals surface area contributed by atoms with Crippen LogP contribution in [0.4, 0.5) is 4.39 Å². The molecule has 0 amide bonds. The maximum Gasteiger partial charge on any atom is 0.264 e. The highest BCUT2D eigenvalue weighted by molar-refractivity contribution is 14.1. The third-order valence-electron chi connectivity index (χ3n) is 2.80. The van der Waals surface area contributed by atoms with Crippen LogP contribution in [0.3, 0.4) is 0 Å². The van der Waals surface area contributed by atoms with Crippen LogP contribution < -0.4 is 5.56 Å². The van der Waals surface area contributed by atoms with E-state index in [1.54, 1.807) is 0 Å². The predicted octanol–water partition coefficient (Wildman–Crippen LogP) is 3.16. The lowest BCUT2D eigenvalue weighted by Gasteiger charge is -2.03. The summed E-state index contributed by atoms with van der Waals surface area (Å²) in [5.74, 6) is -0.438. The Hall–Kier alpha value is -1.61. The van der Waals surface area contributed by atoms with Crippen molar-refractivity contribution >= 4 is 33.9 Å². The first kappa shape index (κ1) is 14.3. The molecule has 0 atom stereocenters. The van der Waals surface area contributed by atoms with Crippen LogP contribution in [0.2, 0.25) is 0 Å². The summed E-state index contributed by atoms with van der Waals surface area (Å²) < 4.78 is 15.0. The molecule has 0 aliphatic rings.